The Balaban J connectivity index is 1.52. The van der Waals surface area contributed by atoms with Crippen LogP contribution in [-0.4, -0.2) is 17.7 Å². The number of ketones is 1. The Kier molecular flexibility index (Phi) is 4.01. The van der Waals surface area contributed by atoms with E-state index in [-0.39, 0.29) is 11.9 Å². The van der Waals surface area contributed by atoms with Crippen molar-refractivity contribution < 1.29 is 19.3 Å². The van der Waals surface area contributed by atoms with E-state index in [1.54, 1.807) is 0 Å². The second-order valence-corrected chi connectivity index (χ2v) is 7.64. The molecule has 0 aromatic heterocycles. The van der Waals surface area contributed by atoms with Gasteiger partial charge in [-0.2, -0.15) is 4.89 Å². The summed E-state index contributed by atoms with van der Waals surface area (Å²) in [7, 11) is 0. The molecule has 5 rings (SSSR count). The number of hydrogen-bond acceptors (Lipinski definition) is 4. The van der Waals surface area contributed by atoms with Gasteiger partial charge in [-0.05, 0) is 22.8 Å². The maximum atomic E-state index is 11.7. The van der Waals surface area contributed by atoms with E-state index in [0.717, 1.165) is 5.56 Å². The third kappa shape index (κ3) is 2.85. The second-order valence-electron chi connectivity index (χ2n) is 7.64. The predicted molar refractivity (Wildman–Crippen MR) is 100 cm³/mol. The maximum Gasteiger partial charge on any atom is 0.203 e. The van der Waals surface area contributed by atoms with Gasteiger partial charge in [0, 0.05) is 32.1 Å². The van der Waals surface area contributed by atoms with Crippen molar-refractivity contribution in [2.24, 2.45) is 0 Å². The third-order valence-corrected chi connectivity index (χ3v) is 5.93. The molecule has 4 heteroatoms. The van der Waals surface area contributed by atoms with Crippen LogP contribution in [0.15, 0.2) is 66.7 Å². The maximum absolute atomic E-state index is 11.7. The van der Waals surface area contributed by atoms with E-state index < -0.39 is 11.4 Å². The lowest BCUT2D eigenvalue weighted by molar-refractivity contribution is -0.529. The first-order valence-electron chi connectivity index (χ1n) is 9.57. The average molecular weight is 362 g/mol. The van der Waals surface area contributed by atoms with Crippen molar-refractivity contribution in [1.29, 1.82) is 0 Å². The Hall–Kier alpha value is -2.27. The summed E-state index contributed by atoms with van der Waals surface area (Å²) < 4.78 is 6.52. The number of Topliss-reactive ketones (excluding diaryl/α,β-unsaturated/α-hetero) is 1. The summed E-state index contributed by atoms with van der Waals surface area (Å²) in [4.78, 5) is 23.7. The van der Waals surface area contributed by atoms with Gasteiger partial charge in [-0.15, -0.1) is 0 Å². The van der Waals surface area contributed by atoms with Gasteiger partial charge >= 0.3 is 0 Å². The number of ether oxygens (including phenoxy) is 1. The number of benzene rings is 2. The molecule has 2 aromatic carbocycles. The highest BCUT2D eigenvalue weighted by Gasteiger charge is 2.57. The zero-order valence-corrected chi connectivity index (χ0v) is 15.1. The number of carbonyl (C=O) groups is 1. The van der Waals surface area contributed by atoms with Crippen LogP contribution in [0.25, 0.3) is 5.57 Å². The Labute approximate surface area is 158 Å². The Morgan fingerprint density at radius 3 is 2.22 bits per heavy atom. The lowest BCUT2D eigenvalue weighted by Crippen LogP contribution is -2.55. The van der Waals surface area contributed by atoms with E-state index in [9.17, 15) is 4.79 Å². The first-order chi connectivity index (χ1) is 13.2. The molecule has 0 unspecified atom stereocenters. The highest BCUT2D eigenvalue weighted by molar-refractivity contribution is 5.79. The van der Waals surface area contributed by atoms with Crippen LogP contribution in [0.1, 0.15) is 43.2 Å². The number of hydrogen-bond donors (Lipinski definition) is 0. The van der Waals surface area contributed by atoms with Gasteiger partial charge in [-0.1, -0.05) is 60.7 Å². The molecular formula is C23H22O4. The summed E-state index contributed by atoms with van der Waals surface area (Å²) in [5, 5.41) is 0. The number of carbonyl (C=O) groups excluding carboxylic acids is 1. The van der Waals surface area contributed by atoms with Crippen molar-refractivity contribution in [2.75, 3.05) is 0 Å². The molecule has 27 heavy (non-hydrogen) atoms. The molecule has 2 fully saturated rings. The highest BCUT2D eigenvalue weighted by Crippen LogP contribution is 2.53. The van der Waals surface area contributed by atoms with Crippen molar-refractivity contribution in [3.63, 3.8) is 0 Å². The van der Waals surface area contributed by atoms with E-state index >= 15 is 0 Å². The fourth-order valence-electron chi connectivity index (χ4n) is 4.36. The van der Waals surface area contributed by atoms with Gasteiger partial charge < -0.3 is 4.74 Å². The van der Waals surface area contributed by atoms with Gasteiger partial charge in [0.15, 0.2) is 5.60 Å². The zero-order valence-electron chi connectivity index (χ0n) is 15.1. The fraction of sp³-hybridized carbons (Fsp3) is 0.348. The van der Waals surface area contributed by atoms with Crippen LogP contribution in [0.3, 0.4) is 0 Å². The zero-order chi connectivity index (χ0) is 18.3. The summed E-state index contributed by atoms with van der Waals surface area (Å²) >= 11 is 0. The van der Waals surface area contributed by atoms with Crippen LogP contribution in [0.5, 0.6) is 0 Å². The van der Waals surface area contributed by atoms with E-state index in [4.69, 9.17) is 14.5 Å². The van der Waals surface area contributed by atoms with E-state index in [1.807, 2.05) is 36.4 Å². The normalized spacial score (nSPS) is 29.4. The van der Waals surface area contributed by atoms with Crippen molar-refractivity contribution in [3.8, 4) is 0 Å². The molecule has 2 aromatic rings. The van der Waals surface area contributed by atoms with Crippen LogP contribution >= 0.6 is 0 Å². The van der Waals surface area contributed by atoms with Gasteiger partial charge in [-0.25, -0.2) is 4.89 Å². The van der Waals surface area contributed by atoms with Crippen molar-refractivity contribution in [3.05, 3.63) is 77.9 Å². The monoisotopic (exact) mass is 362 g/mol. The molecule has 0 N–H and O–H groups in total. The van der Waals surface area contributed by atoms with Crippen LogP contribution in [0, 0.1) is 0 Å². The van der Waals surface area contributed by atoms with Crippen LogP contribution in [-0.2, 0) is 24.9 Å². The SMILES string of the molecule is O=C1CCC2(CC1)OO[C@@]1(c3ccccc3)CC(c3ccccc3)=C[C@H]1O2. The molecule has 1 spiro atoms. The highest BCUT2D eigenvalue weighted by atomic mass is 17.2. The molecule has 0 amide bonds. The van der Waals surface area contributed by atoms with E-state index in [2.05, 4.69) is 30.3 Å². The van der Waals surface area contributed by atoms with Crippen molar-refractivity contribution >= 4 is 11.4 Å². The standard InChI is InChI=1S/C23H22O4/c24-20-11-13-22(14-12-20)25-21-15-18(17-7-3-1-4-8-17)16-23(21,27-26-22)19-9-5-2-6-10-19/h1-10,15,21H,11-14,16H2/t21-,23-/m1/s1. The van der Waals surface area contributed by atoms with E-state index in [0.29, 0.717) is 32.1 Å². The molecule has 0 bridgehead atoms. The lowest BCUT2D eigenvalue weighted by Gasteiger charge is -2.48. The first kappa shape index (κ1) is 16.9. The second kappa shape index (κ2) is 6.41. The Morgan fingerprint density at radius 1 is 0.852 bits per heavy atom. The third-order valence-electron chi connectivity index (χ3n) is 5.93. The lowest BCUT2D eigenvalue weighted by atomic mass is 9.86. The molecule has 1 aliphatic heterocycles. The summed E-state index contributed by atoms with van der Waals surface area (Å²) in [6.45, 7) is 0. The topological polar surface area (TPSA) is 44.8 Å². The largest absolute Gasteiger partial charge is 0.336 e. The Morgan fingerprint density at radius 2 is 1.52 bits per heavy atom. The molecule has 138 valence electrons. The number of fused-ring (bicyclic) bond motifs is 1. The van der Waals surface area contributed by atoms with Crippen molar-refractivity contribution in [1.82, 2.24) is 0 Å². The molecule has 4 nitrogen and oxygen atoms in total. The molecular weight excluding hydrogens is 340 g/mol. The minimum absolute atomic E-state index is 0.253. The minimum atomic E-state index is -0.820. The van der Waals surface area contributed by atoms with E-state index in [1.165, 1.54) is 11.1 Å². The smallest absolute Gasteiger partial charge is 0.203 e. The predicted octanol–water partition coefficient (Wildman–Crippen LogP) is 4.56. The molecule has 1 heterocycles. The molecule has 2 atom stereocenters. The molecule has 2 aliphatic carbocycles. The number of rotatable bonds is 2. The quantitative estimate of drug-likeness (QED) is 0.735. The molecule has 1 saturated carbocycles. The summed E-state index contributed by atoms with van der Waals surface area (Å²) in [5.74, 6) is -0.556. The molecule has 1 saturated heterocycles. The molecule has 0 radical (unpaired) electrons. The van der Waals surface area contributed by atoms with Gasteiger partial charge in [-0.3, -0.25) is 4.79 Å². The minimum Gasteiger partial charge on any atom is -0.336 e. The van der Waals surface area contributed by atoms with Gasteiger partial charge in [0.25, 0.3) is 0 Å². The summed E-state index contributed by atoms with van der Waals surface area (Å²) in [6, 6.07) is 20.4. The fourth-order valence-corrected chi connectivity index (χ4v) is 4.36. The van der Waals surface area contributed by atoms with Crippen LogP contribution in [0.4, 0.5) is 0 Å². The average Bonchev–Trinajstić information content (AvgIpc) is 3.12. The Bertz CT molecular complexity index is 864. The van der Waals surface area contributed by atoms with Crippen LogP contribution in [0.2, 0.25) is 0 Å². The van der Waals surface area contributed by atoms with Crippen LogP contribution < -0.4 is 0 Å². The first-order valence-corrected chi connectivity index (χ1v) is 9.57. The van der Waals surface area contributed by atoms with Gasteiger partial charge in [0.1, 0.15) is 11.9 Å². The molecule has 3 aliphatic rings. The van der Waals surface area contributed by atoms with Crippen molar-refractivity contribution in [2.45, 2.75) is 49.6 Å². The van der Waals surface area contributed by atoms with Gasteiger partial charge in [0.05, 0.1) is 0 Å². The van der Waals surface area contributed by atoms with Gasteiger partial charge in [0.2, 0.25) is 5.79 Å². The summed E-state index contributed by atoms with van der Waals surface area (Å²) in [5.41, 5.74) is 2.71. The summed E-state index contributed by atoms with van der Waals surface area (Å²) in [6.07, 6.45) is 4.64.